The zero-order valence-corrected chi connectivity index (χ0v) is 9.46. The molecule has 2 saturated heterocycles. The molecule has 0 aromatic carbocycles. The molecule has 0 saturated carbocycles. The zero-order valence-electron chi connectivity index (χ0n) is 9.46. The number of carbonyl (C=O) groups excluding carboxylic acids is 1. The second kappa shape index (κ2) is 4.94. The SMILES string of the molecule is CC1CC(C(=O)N2CCNCC2)CCN1. The van der Waals surface area contributed by atoms with Crippen molar-refractivity contribution < 1.29 is 4.79 Å². The number of nitrogens with one attached hydrogen (secondary N) is 2. The molecule has 2 fully saturated rings. The molecule has 0 spiro atoms. The van der Waals surface area contributed by atoms with E-state index in [2.05, 4.69) is 17.6 Å². The van der Waals surface area contributed by atoms with Gasteiger partial charge in [-0.1, -0.05) is 0 Å². The summed E-state index contributed by atoms with van der Waals surface area (Å²) in [5.41, 5.74) is 0. The van der Waals surface area contributed by atoms with Crippen LogP contribution in [0.2, 0.25) is 0 Å². The van der Waals surface area contributed by atoms with Gasteiger partial charge in [0.15, 0.2) is 0 Å². The molecule has 2 aliphatic rings. The maximum atomic E-state index is 12.2. The smallest absolute Gasteiger partial charge is 0.225 e. The number of rotatable bonds is 1. The Hall–Kier alpha value is -0.610. The van der Waals surface area contributed by atoms with Crippen molar-refractivity contribution in [3.63, 3.8) is 0 Å². The van der Waals surface area contributed by atoms with Gasteiger partial charge in [0.1, 0.15) is 0 Å². The summed E-state index contributed by atoms with van der Waals surface area (Å²) in [5, 5.41) is 6.66. The molecule has 15 heavy (non-hydrogen) atoms. The summed E-state index contributed by atoms with van der Waals surface area (Å²) in [6, 6.07) is 0.496. The predicted octanol–water partition coefficient (Wildman–Crippen LogP) is -0.194. The number of amides is 1. The standard InChI is InChI=1S/C11H21N3O/c1-9-8-10(2-3-13-9)11(15)14-6-4-12-5-7-14/h9-10,12-13H,2-8H2,1H3. The van der Waals surface area contributed by atoms with Crippen LogP contribution in [-0.2, 0) is 4.79 Å². The fourth-order valence-electron chi connectivity index (χ4n) is 2.50. The van der Waals surface area contributed by atoms with Crippen molar-refractivity contribution in [1.82, 2.24) is 15.5 Å². The average molecular weight is 211 g/mol. The van der Waals surface area contributed by atoms with Gasteiger partial charge in [0, 0.05) is 38.1 Å². The number of carbonyl (C=O) groups is 1. The highest BCUT2D eigenvalue weighted by molar-refractivity contribution is 5.79. The number of hydrogen-bond acceptors (Lipinski definition) is 3. The highest BCUT2D eigenvalue weighted by atomic mass is 16.2. The van der Waals surface area contributed by atoms with E-state index in [0.717, 1.165) is 45.6 Å². The highest BCUT2D eigenvalue weighted by Gasteiger charge is 2.28. The van der Waals surface area contributed by atoms with Crippen molar-refractivity contribution in [3.05, 3.63) is 0 Å². The minimum Gasteiger partial charge on any atom is -0.340 e. The molecule has 0 bridgehead atoms. The molecule has 2 heterocycles. The average Bonchev–Trinajstić information content (AvgIpc) is 2.29. The zero-order chi connectivity index (χ0) is 10.7. The minimum atomic E-state index is 0.263. The van der Waals surface area contributed by atoms with Gasteiger partial charge in [0.25, 0.3) is 0 Å². The second-order valence-electron chi connectivity index (χ2n) is 4.65. The Morgan fingerprint density at radius 3 is 2.67 bits per heavy atom. The summed E-state index contributed by atoms with van der Waals surface area (Å²) >= 11 is 0. The Morgan fingerprint density at radius 1 is 1.27 bits per heavy atom. The van der Waals surface area contributed by atoms with Gasteiger partial charge in [0.2, 0.25) is 5.91 Å². The normalized spacial score (nSPS) is 32.7. The van der Waals surface area contributed by atoms with E-state index in [9.17, 15) is 4.79 Å². The summed E-state index contributed by atoms with van der Waals surface area (Å²) in [4.78, 5) is 14.2. The molecule has 4 heteroatoms. The van der Waals surface area contributed by atoms with E-state index >= 15 is 0 Å². The molecule has 0 aliphatic carbocycles. The van der Waals surface area contributed by atoms with Crippen molar-refractivity contribution in [3.8, 4) is 0 Å². The minimum absolute atomic E-state index is 0.263. The molecule has 2 unspecified atom stereocenters. The van der Waals surface area contributed by atoms with Crippen LogP contribution in [-0.4, -0.2) is 49.6 Å². The van der Waals surface area contributed by atoms with E-state index < -0.39 is 0 Å². The van der Waals surface area contributed by atoms with Gasteiger partial charge in [-0.15, -0.1) is 0 Å². The molecule has 2 N–H and O–H groups in total. The van der Waals surface area contributed by atoms with Crippen molar-refractivity contribution in [1.29, 1.82) is 0 Å². The van der Waals surface area contributed by atoms with Gasteiger partial charge in [0.05, 0.1) is 0 Å². The fraction of sp³-hybridized carbons (Fsp3) is 0.909. The Balaban J connectivity index is 1.88. The Bertz CT molecular complexity index is 226. The van der Waals surface area contributed by atoms with Crippen LogP contribution in [0.25, 0.3) is 0 Å². The first kappa shape index (κ1) is 10.9. The van der Waals surface area contributed by atoms with Crippen molar-refractivity contribution >= 4 is 5.91 Å². The lowest BCUT2D eigenvalue weighted by Gasteiger charge is -2.34. The molecule has 2 rings (SSSR count). The lowest BCUT2D eigenvalue weighted by Crippen LogP contribution is -2.50. The first-order chi connectivity index (χ1) is 7.27. The van der Waals surface area contributed by atoms with E-state index in [1.165, 1.54) is 0 Å². The van der Waals surface area contributed by atoms with E-state index in [0.29, 0.717) is 11.9 Å². The van der Waals surface area contributed by atoms with Crippen LogP contribution in [0.5, 0.6) is 0 Å². The quantitative estimate of drug-likeness (QED) is 0.632. The summed E-state index contributed by atoms with van der Waals surface area (Å²) in [6.45, 7) is 6.83. The fourth-order valence-corrected chi connectivity index (χ4v) is 2.50. The number of piperidine rings is 1. The van der Waals surface area contributed by atoms with Crippen LogP contribution in [0.15, 0.2) is 0 Å². The Kier molecular flexibility index (Phi) is 3.59. The van der Waals surface area contributed by atoms with E-state index in [1.807, 2.05) is 4.90 Å². The highest BCUT2D eigenvalue weighted by Crippen LogP contribution is 2.18. The van der Waals surface area contributed by atoms with Gasteiger partial charge in [-0.25, -0.2) is 0 Å². The molecule has 2 aliphatic heterocycles. The molecule has 0 aromatic heterocycles. The molecule has 4 nitrogen and oxygen atoms in total. The Labute approximate surface area is 91.4 Å². The van der Waals surface area contributed by atoms with Gasteiger partial charge < -0.3 is 15.5 Å². The van der Waals surface area contributed by atoms with Crippen molar-refractivity contribution in [2.75, 3.05) is 32.7 Å². The summed E-state index contributed by atoms with van der Waals surface area (Å²) < 4.78 is 0. The van der Waals surface area contributed by atoms with Crippen molar-refractivity contribution in [2.45, 2.75) is 25.8 Å². The van der Waals surface area contributed by atoms with Crippen LogP contribution in [0, 0.1) is 5.92 Å². The lowest BCUT2D eigenvalue weighted by molar-refractivity contribution is -0.137. The van der Waals surface area contributed by atoms with Gasteiger partial charge >= 0.3 is 0 Å². The van der Waals surface area contributed by atoms with E-state index in [-0.39, 0.29) is 5.92 Å². The predicted molar refractivity (Wildman–Crippen MR) is 59.6 cm³/mol. The summed E-state index contributed by atoms with van der Waals surface area (Å²) in [7, 11) is 0. The van der Waals surface area contributed by atoms with Crippen LogP contribution in [0.1, 0.15) is 19.8 Å². The monoisotopic (exact) mass is 211 g/mol. The third-order valence-corrected chi connectivity index (χ3v) is 3.40. The molecular weight excluding hydrogens is 190 g/mol. The molecule has 2 atom stereocenters. The molecule has 0 radical (unpaired) electrons. The molecular formula is C11H21N3O. The van der Waals surface area contributed by atoms with Crippen LogP contribution in [0.3, 0.4) is 0 Å². The largest absolute Gasteiger partial charge is 0.340 e. The number of nitrogens with zero attached hydrogens (tertiary/aromatic N) is 1. The first-order valence-electron chi connectivity index (χ1n) is 6.00. The van der Waals surface area contributed by atoms with Crippen LogP contribution in [0.4, 0.5) is 0 Å². The maximum Gasteiger partial charge on any atom is 0.225 e. The number of piperazine rings is 1. The topological polar surface area (TPSA) is 44.4 Å². The summed E-state index contributed by atoms with van der Waals surface area (Å²) in [6.07, 6.45) is 2.01. The second-order valence-corrected chi connectivity index (χ2v) is 4.65. The molecule has 86 valence electrons. The van der Waals surface area contributed by atoms with Gasteiger partial charge in [-0.2, -0.15) is 0 Å². The molecule has 0 aromatic rings. The van der Waals surface area contributed by atoms with E-state index in [1.54, 1.807) is 0 Å². The van der Waals surface area contributed by atoms with E-state index in [4.69, 9.17) is 0 Å². The first-order valence-corrected chi connectivity index (χ1v) is 6.00. The Morgan fingerprint density at radius 2 is 2.00 bits per heavy atom. The third kappa shape index (κ3) is 2.69. The summed E-state index contributed by atoms with van der Waals surface area (Å²) in [5.74, 6) is 0.643. The molecule has 1 amide bonds. The van der Waals surface area contributed by atoms with Crippen LogP contribution < -0.4 is 10.6 Å². The van der Waals surface area contributed by atoms with Crippen LogP contribution >= 0.6 is 0 Å². The third-order valence-electron chi connectivity index (χ3n) is 3.40. The maximum absolute atomic E-state index is 12.2. The van der Waals surface area contributed by atoms with Crippen molar-refractivity contribution in [2.24, 2.45) is 5.92 Å². The lowest BCUT2D eigenvalue weighted by atomic mass is 9.92. The van der Waals surface area contributed by atoms with Gasteiger partial charge in [-0.3, -0.25) is 4.79 Å². The van der Waals surface area contributed by atoms with Gasteiger partial charge in [-0.05, 0) is 26.3 Å². The number of hydrogen-bond donors (Lipinski definition) is 2.